The molecule has 4 bridgehead atoms. The van der Waals surface area contributed by atoms with Crippen molar-refractivity contribution in [3.8, 4) is 0 Å². The highest BCUT2D eigenvalue weighted by atomic mass is 15.3. The van der Waals surface area contributed by atoms with E-state index < -0.39 is 0 Å². The third-order valence-corrected chi connectivity index (χ3v) is 5.85. The Labute approximate surface area is 119 Å². The zero-order valence-corrected chi connectivity index (χ0v) is 13.3. The zero-order chi connectivity index (χ0) is 13.5. The summed E-state index contributed by atoms with van der Waals surface area (Å²) in [4.78, 5) is 0. The third-order valence-electron chi connectivity index (χ3n) is 5.85. The summed E-state index contributed by atoms with van der Waals surface area (Å²) < 4.78 is 1.10. The Kier molecular flexibility index (Phi) is 3.68. The lowest BCUT2D eigenvalue weighted by atomic mass is 9.49. The second kappa shape index (κ2) is 5.04. The topological polar surface area (TPSA) is 12.0 Å². The predicted octanol–water partition coefficient (Wildman–Crippen LogP) is 2.89. The van der Waals surface area contributed by atoms with Crippen molar-refractivity contribution in [2.24, 2.45) is 23.2 Å². The van der Waals surface area contributed by atoms with Crippen LogP contribution < -0.4 is 5.32 Å². The average molecular weight is 265 g/mol. The SMILES string of the molecule is C[N+](C)(C)CCCNCC12CC3CC(CC(C3)C1)C2. The maximum absolute atomic E-state index is 3.80. The molecule has 0 aliphatic heterocycles. The van der Waals surface area contributed by atoms with Crippen LogP contribution in [0.5, 0.6) is 0 Å². The number of nitrogens with one attached hydrogen (secondary N) is 1. The van der Waals surface area contributed by atoms with Crippen molar-refractivity contribution in [1.82, 2.24) is 5.32 Å². The van der Waals surface area contributed by atoms with Crippen molar-refractivity contribution in [1.29, 1.82) is 0 Å². The molecule has 4 rings (SSSR count). The summed E-state index contributed by atoms with van der Waals surface area (Å²) in [7, 11) is 6.87. The summed E-state index contributed by atoms with van der Waals surface area (Å²) in [6, 6.07) is 0. The van der Waals surface area contributed by atoms with E-state index in [0.29, 0.717) is 5.41 Å². The van der Waals surface area contributed by atoms with Crippen LogP contribution in [0.1, 0.15) is 44.9 Å². The van der Waals surface area contributed by atoms with Crippen LogP contribution in [0.25, 0.3) is 0 Å². The van der Waals surface area contributed by atoms with Crippen LogP contribution in [0.3, 0.4) is 0 Å². The van der Waals surface area contributed by atoms with Crippen LogP contribution in [0, 0.1) is 23.2 Å². The largest absolute Gasteiger partial charge is 0.331 e. The Balaban J connectivity index is 1.43. The molecule has 0 spiro atoms. The maximum Gasteiger partial charge on any atom is 0.0792 e. The van der Waals surface area contributed by atoms with E-state index in [1.54, 1.807) is 38.5 Å². The molecule has 4 aliphatic rings. The van der Waals surface area contributed by atoms with Crippen LogP contribution in [0.4, 0.5) is 0 Å². The molecule has 1 N–H and O–H groups in total. The first-order valence-electron chi connectivity index (χ1n) is 8.45. The Morgan fingerprint density at radius 1 is 0.947 bits per heavy atom. The highest BCUT2D eigenvalue weighted by molar-refractivity contribution is 5.02. The van der Waals surface area contributed by atoms with Gasteiger partial charge in [-0.3, -0.25) is 0 Å². The normalized spacial score (nSPS) is 40.9. The smallest absolute Gasteiger partial charge is 0.0792 e. The molecular formula is C17H33N2+. The van der Waals surface area contributed by atoms with E-state index in [1.807, 2.05) is 0 Å². The van der Waals surface area contributed by atoms with Gasteiger partial charge in [0, 0.05) is 19.5 Å². The van der Waals surface area contributed by atoms with Gasteiger partial charge < -0.3 is 9.80 Å². The molecule has 2 heteroatoms. The second-order valence-corrected chi connectivity index (χ2v) is 8.96. The lowest BCUT2D eigenvalue weighted by Gasteiger charge is -2.57. The highest BCUT2D eigenvalue weighted by Gasteiger charge is 2.50. The summed E-state index contributed by atoms with van der Waals surface area (Å²) in [5.41, 5.74) is 0.714. The summed E-state index contributed by atoms with van der Waals surface area (Å²) in [6.45, 7) is 3.82. The van der Waals surface area contributed by atoms with Crippen LogP contribution in [0.2, 0.25) is 0 Å². The molecule has 0 saturated heterocycles. The molecule has 4 fully saturated rings. The van der Waals surface area contributed by atoms with Gasteiger partial charge in [-0.1, -0.05) is 0 Å². The number of hydrogen-bond donors (Lipinski definition) is 1. The van der Waals surface area contributed by atoms with E-state index >= 15 is 0 Å². The number of quaternary nitrogens is 1. The van der Waals surface area contributed by atoms with Crippen LogP contribution in [0.15, 0.2) is 0 Å². The number of nitrogens with zero attached hydrogens (tertiary/aromatic N) is 1. The van der Waals surface area contributed by atoms with E-state index in [-0.39, 0.29) is 0 Å². The minimum Gasteiger partial charge on any atom is -0.331 e. The van der Waals surface area contributed by atoms with Gasteiger partial charge in [0.2, 0.25) is 0 Å². The number of rotatable bonds is 6. The minimum absolute atomic E-state index is 0.714. The fraction of sp³-hybridized carbons (Fsp3) is 1.00. The maximum atomic E-state index is 3.80. The summed E-state index contributed by atoms with van der Waals surface area (Å²) in [5, 5.41) is 3.80. The third kappa shape index (κ3) is 3.33. The summed E-state index contributed by atoms with van der Waals surface area (Å²) >= 11 is 0. The first-order chi connectivity index (χ1) is 8.94. The molecule has 0 amide bonds. The van der Waals surface area contributed by atoms with Crippen molar-refractivity contribution in [3.63, 3.8) is 0 Å². The van der Waals surface area contributed by atoms with Gasteiger partial charge in [-0.2, -0.15) is 0 Å². The average Bonchev–Trinajstić information content (AvgIpc) is 2.24. The Morgan fingerprint density at radius 2 is 1.47 bits per heavy atom. The molecular weight excluding hydrogens is 232 g/mol. The standard InChI is InChI=1S/C17H33N2/c1-19(2,3)6-4-5-18-13-17-10-14-7-15(11-17)9-16(8-14)12-17/h14-16,18H,4-13H2,1-3H3/q+1. The van der Waals surface area contributed by atoms with Crippen molar-refractivity contribution in [3.05, 3.63) is 0 Å². The van der Waals surface area contributed by atoms with Crippen LogP contribution in [-0.4, -0.2) is 45.3 Å². The molecule has 19 heavy (non-hydrogen) atoms. The van der Waals surface area contributed by atoms with Crippen molar-refractivity contribution >= 4 is 0 Å². The Hall–Kier alpha value is -0.0800. The molecule has 0 aromatic heterocycles. The van der Waals surface area contributed by atoms with Gasteiger partial charge in [-0.15, -0.1) is 0 Å². The van der Waals surface area contributed by atoms with Gasteiger partial charge >= 0.3 is 0 Å². The van der Waals surface area contributed by atoms with Gasteiger partial charge in [0.15, 0.2) is 0 Å². The second-order valence-electron chi connectivity index (χ2n) is 8.96. The van der Waals surface area contributed by atoms with E-state index in [2.05, 4.69) is 26.5 Å². The van der Waals surface area contributed by atoms with Gasteiger partial charge in [0.05, 0.1) is 27.7 Å². The minimum atomic E-state index is 0.714. The first-order valence-corrected chi connectivity index (χ1v) is 8.45. The molecule has 0 atom stereocenters. The van der Waals surface area contributed by atoms with E-state index in [9.17, 15) is 0 Å². The molecule has 0 radical (unpaired) electrons. The zero-order valence-electron chi connectivity index (χ0n) is 13.3. The number of hydrogen-bond acceptors (Lipinski definition) is 1. The van der Waals surface area contributed by atoms with Crippen molar-refractivity contribution in [2.45, 2.75) is 44.9 Å². The molecule has 0 aromatic carbocycles. The lowest BCUT2D eigenvalue weighted by molar-refractivity contribution is -0.870. The summed E-state index contributed by atoms with van der Waals surface area (Å²) in [5.74, 6) is 3.29. The molecule has 0 unspecified atom stereocenters. The van der Waals surface area contributed by atoms with Gasteiger partial charge in [0.1, 0.15) is 0 Å². The summed E-state index contributed by atoms with van der Waals surface area (Å²) in [6.07, 6.45) is 10.7. The molecule has 4 aliphatic carbocycles. The van der Waals surface area contributed by atoms with Gasteiger partial charge in [-0.25, -0.2) is 0 Å². The Morgan fingerprint density at radius 3 is 1.95 bits per heavy atom. The van der Waals surface area contributed by atoms with E-state index in [4.69, 9.17) is 0 Å². The van der Waals surface area contributed by atoms with Gasteiger partial charge in [-0.05, 0) is 61.7 Å². The molecule has 0 aromatic rings. The quantitative estimate of drug-likeness (QED) is 0.575. The Bertz CT molecular complexity index is 280. The van der Waals surface area contributed by atoms with Crippen LogP contribution in [-0.2, 0) is 0 Å². The fourth-order valence-electron chi connectivity index (χ4n) is 5.54. The molecule has 2 nitrogen and oxygen atoms in total. The van der Waals surface area contributed by atoms with Crippen molar-refractivity contribution in [2.75, 3.05) is 40.8 Å². The fourth-order valence-corrected chi connectivity index (χ4v) is 5.54. The first kappa shape index (κ1) is 13.9. The lowest BCUT2D eigenvalue weighted by Crippen LogP contribution is -2.50. The predicted molar refractivity (Wildman–Crippen MR) is 81.0 cm³/mol. The molecule has 110 valence electrons. The van der Waals surface area contributed by atoms with Crippen molar-refractivity contribution < 1.29 is 4.48 Å². The molecule has 4 saturated carbocycles. The van der Waals surface area contributed by atoms with Crippen LogP contribution >= 0.6 is 0 Å². The molecule has 0 heterocycles. The van der Waals surface area contributed by atoms with E-state index in [1.165, 1.54) is 26.1 Å². The van der Waals surface area contributed by atoms with Gasteiger partial charge in [0.25, 0.3) is 0 Å². The highest BCUT2D eigenvalue weighted by Crippen LogP contribution is 2.59. The monoisotopic (exact) mass is 265 g/mol. The van der Waals surface area contributed by atoms with E-state index in [0.717, 1.165) is 22.2 Å².